The zero-order valence-corrected chi connectivity index (χ0v) is 23.6. The van der Waals surface area contributed by atoms with Gasteiger partial charge in [0, 0.05) is 18.5 Å². The lowest BCUT2D eigenvalue weighted by Crippen LogP contribution is -2.60. The van der Waals surface area contributed by atoms with Crippen LogP contribution in [0.15, 0.2) is 29.8 Å². The number of hydrogen-bond donors (Lipinski definition) is 1. The molecule has 0 aromatic heterocycles. The fourth-order valence-electron chi connectivity index (χ4n) is 6.96. The molecule has 2 aromatic rings. The smallest absolute Gasteiger partial charge is 0.258 e. The summed E-state index contributed by atoms with van der Waals surface area (Å²) in [6.07, 6.45) is 0.896. The van der Waals surface area contributed by atoms with Crippen LogP contribution in [0.5, 0.6) is 11.5 Å². The van der Waals surface area contributed by atoms with Crippen molar-refractivity contribution >= 4 is 52.5 Å². The Morgan fingerprint density at radius 2 is 1.51 bits per heavy atom. The quantitative estimate of drug-likeness (QED) is 0.134. The Bertz CT molecular complexity index is 1690. The number of amides is 4. The van der Waals surface area contributed by atoms with E-state index in [1.54, 1.807) is 0 Å². The second-order valence-electron chi connectivity index (χ2n) is 10.9. The molecule has 2 aromatic carbocycles. The molecule has 6 unspecified atom stereocenters. The van der Waals surface area contributed by atoms with Crippen molar-refractivity contribution in [2.24, 2.45) is 17.8 Å². The van der Waals surface area contributed by atoms with E-state index in [4.69, 9.17) is 27.9 Å². The number of methoxy groups -OCH3 is 1. The highest BCUT2D eigenvalue weighted by atomic mass is 35.5. The van der Waals surface area contributed by atoms with Gasteiger partial charge in [-0.15, -0.1) is 23.2 Å². The number of phenols is 1. The number of carbonyl (C=O) groups is 4. The number of benzene rings is 2. The van der Waals surface area contributed by atoms with Crippen molar-refractivity contribution in [3.63, 3.8) is 0 Å². The molecule has 1 N–H and O–H groups in total. The SMILES string of the molecule is COc1ccc(O)c(C2C3=CCC4C(=O)N(C)C(=O)C4C3CC3(Cl)C(=O)N(c4c(F)c(F)c(F)c(F)c4F)C(=O)C23Cl)c1. The van der Waals surface area contributed by atoms with Gasteiger partial charge in [-0.2, -0.15) is 0 Å². The van der Waals surface area contributed by atoms with Gasteiger partial charge in [0.25, 0.3) is 11.8 Å². The normalized spacial score (nSPS) is 31.7. The summed E-state index contributed by atoms with van der Waals surface area (Å²) in [7, 11) is 2.56. The number of halogens is 7. The van der Waals surface area contributed by atoms with E-state index in [2.05, 4.69) is 0 Å². The molecule has 8 nitrogen and oxygen atoms in total. The zero-order valence-electron chi connectivity index (χ0n) is 22.1. The summed E-state index contributed by atoms with van der Waals surface area (Å²) in [5.41, 5.74) is -1.80. The van der Waals surface area contributed by atoms with Crippen LogP contribution in [0.25, 0.3) is 0 Å². The number of allylic oxidation sites excluding steroid dienone is 2. The second-order valence-corrected chi connectivity index (χ2v) is 12.1. The van der Waals surface area contributed by atoms with Gasteiger partial charge in [-0.05, 0) is 37.0 Å². The van der Waals surface area contributed by atoms with Gasteiger partial charge in [0.15, 0.2) is 33.0 Å². The third kappa shape index (κ3) is 3.48. The molecular formula is C28H19Cl2F5N2O6. The van der Waals surface area contributed by atoms with Gasteiger partial charge >= 0.3 is 0 Å². The molecule has 6 rings (SSSR count). The molecule has 15 heteroatoms. The third-order valence-electron chi connectivity index (χ3n) is 8.99. The summed E-state index contributed by atoms with van der Waals surface area (Å²) in [4.78, 5) is 49.5. The lowest BCUT2D eigenvalue weighted by Gasteiger charge is -2.50. The number of aromatic hydroxyl groups is 1. The number of phenolic OH excluding ortho intramolecular Hbond substituents is 1. The number of nitrogens with zero attached hydrogens (tertiary/aromatic N) is 2. The van der Waals surface area contributed by atoms with Crippen LogP contribution in [-0.4, -0.2) is 57.5 Å². The van der Waals surface area contributed by atoms with E-state index in [1.165, 1.54) is 38.4 Å². The maximum absolute atomic E-state index is 15.0. The van der Waals surface area contributed by atoms with Crippen LogP contribution in [0.2, 0.25) is 0 Å². The van der Waals surface area contributed by atoms with Crippen molar-refractivity contribution in [1.82, 2.24) is 4.90 Å². The van der Waals surface area contributed by atoms with Crippen molar-refractivity contribution < 1.29 is 51.0 Å². The molecule has 6 atom stereocenters. The lowest BCUT2D eigenvalue weighted by atomic mass is 9.56. The average molecular weight is 645 g/mol. The molecule has 226 valence electrons. The average Bonchev–Trinajstić information content (AvgIpc) is 3.29. The Hall–Kier alpha value is -3.71. The Balaban J connectivity index is 1.64. The fraction of sp³-hybridized carbons (Fsp3) is 0.357. The molecule has 2 saturated heterocycles. The Kier molecular flexibility index (Phi) is 6.41. The van der Waals surface area contributed by atoms with Gasteiger partial charge < -0.3 is 9.84 Å². The molecular weight excluding hydrogens is 626 g/mol. The van der Waals surface area contributed by atoms with Crippen molar-refractivity contribution in [2.75, 3.05) is 19.1 Å². The van der Waals surface area contributed by atoms with Gasteiger partial charge in [0.1, 0.15) is 17.2 Å². The molecule has 4 aliphatic rings. The Labute approximate surface area is 249 Å². The van der Waals surface area contributed by atoms with Crippen molar-refractivity contribution in [3.05, 3.63) is 64.5 Å². The minimum absolute atomic E-state index is 0.00160. The molecule has 2 aliphatic heterocycles. The number of rotatable bonds is 3. The summed E-state index contributed by atoms with van der Waals surface area (Å²) < 4.78 is 77.6. The molecule has 0 radical (unpaired) electrons. The number of alkyl halides is 2. The Morgan fingerprint density at radius 3 is 2.12 bits per heavy atom. The molecule has 0 spiro atoms. The number of likely N-dealkylation sites (tertiary alicyclic amines) is 1. The van der Waals surface area contributed by atoms with Crippen LogP contribution in [0.1, 0.15) is 24.3 Å². The van der Waals surface area contributed by atoms with Crippen LogP contribution in [-0.2, 0) is 19.2 Å². The minimum Gasteiger partial charge on any atom is -0.508 e. The van der Waals surface area contributed by atoms with Crippen LogP contribution in [0, 0.1) is 46.8 Å². The molecule has 1 saturated carbocycles. The first-order valence-corrected chi connectivity index (χ1v) is 13.6. The van der Waals surface area contributed by atoms with E-state index in [9.17, 15) is 37.5 Å². The summed E-state index contributed by atoms with van der Waals surface area (Å²) in [5, 5.41) is 11.0. The first-order valence-electron chi connectivity index (χ1n) is 12.8. The van der Waals surface area contributed by atoms with Crippen molar-refractivity contribution in [3.8, 4) is 11.5 Å². The predicted octanol–water partition coefficient (Wildman–Crippen LogP) is 4.29. The number of ether oxygens (including phenoxy) is 1. The first-order chi connectivity index (χ1) is 20.1. The van der Waals surface area contributed by atoms with Crippen LogP contribution in [0.4, 0.5) is 27.6 Å². The van der Waals surface area contributed by atoms with E-state index in [0.717, 1.165) is 4.90 Å². The number of anilines is 1. The third-order valence-corrected chi connectivity index (χ3v) is 10.4. The summed E-state index contributed by atoms with van der Waals surface area (Å²) >= 11 is 14.0. The molecule has 2 aliphatic carbocycles. The van der Waals surface area contributed by atoms with E-state index >= 15 is 8.78 Å². The summed E-state index contributed by atoms with van der Waals surface area (Å²) in [6.45, 7) is 0. The van der Waals surface area contributed by atoms with Gasteiger partial charge in [0.2, 0.25) is 17.6 Å². The van der Waals surface area contributed by atoms with Gasteiger partial charge in [-0.25, -0.2) is 26.9 Å². The van der Waals surface area contributed by atoms with E-state index in [0.29, 0.717) is 0 Å². The number of carbonyl (C=O) groups excluding carboxylic acids is 4. The van der Waals surface area contributed by atoms with Crippen LogP contribution < -0.4 is 9.64 Å². The van der Waals surface area contributed by atoms with Gasteiger partial charge in [-0.3, -0.25) is 24.1 Å². The summed E-state index contributed by atoms with van der Waals surface area (Å²) in [5.74, 6) is -21.6. The maximum atomic E-state index is 15.0. The standard InChI is InChI=1S/C28H19Cl2F5N2O6/c1-36-23(39)11-5-4-10-13(15(11)24(36)40)8-27(29)25(41)37(22-20(34)18(32)17(31)19(33)21(22)35)26(42)28(27,30)16(10)12-7-9(43-2)3-6-14(12)38/h3-4,6-7,11,13,15-16,38H,5,8H2,1-2H3. The minimum atomic E-state index is -2.73. The molecule has 0 bridgehead atoms. The first kappa shape index (κ1) is 29.4. The van der Waals surface area contributed by atoms with Crippen LogP contribution in [0.3, 0.4) is 0 Å². The van der Waals surface area contributed by atoms with Crippen molar-refractivity contribution in [1.29, 1.82) is 0 Å². The molecule has 43 heavy (non-hydrogen) atoms. The molecule has 2 heterocycles. The van der Waals surface area contributed by atoms with E-state index in [-0.39, 0.29) is 28.2 Å². The van der Waals surface area contributed by atoms with E-state index < -0.39 is 104 Å². The van der Waals surface area contributed by atoms with Crippen molar-refractivity contribution in [2.45, 2.75) is 28.5 Å². The Morgan fingerprint density at radius 1 is 0.907 bits per heavy atom. The number of imide groups is 2. The molecule has 3 fully saturated rings. The largest absolute Gasteiger partial charge is 0.508 e. The fourth-order valence-corrected chi connectivity index (χ4v) is 7.89. The highest BCUT2D eigenvalue weighted by Crippen LogP contribution is 2.66. The summed E-state index contributed by atoms with van der Waals surface area (Å²) in [6, 6.07) is 3.81. The van der Waals surface area contributed by atoms with Crippen LogP contribution >= 0.6 is 23.2 Å². The lowest BCUT2D eigenvalue weighted by molar-refractivity contribution is -0.138. The maximum Gasteiger partial charge on any atom is 0.258 e. The molecule has 4 amide bonds. The predicted molar refractivity (Wildman–Crippen MR) is 139 cm³/mol. The number of hydrogen-bond acceptors (Lipinski definition) is 6. The van der Waals surface area contributed by atoms with Gasteiger partial charge in [-0.1, -0.05) is 11.6 Å². The zero-order chi connectivity index (χ0) is 31.5. The highest BCUT2D eigenvalue weighted by Gasteiger charge is 2.77. The van der Waals surface area contributed by atoms with Gasteiger partial charge in [0.05, 0.1) is 18.9 Å². The monoisotopic (exact) mass is 644 g/mol. The van der Waals surface area contributed by atoms with E-state index in [1.807, 2.05) is 0 Å². The number of fused-ring (bicyclic) bond motifs is 4. The second kappa shape index (κ2) is 9.39. The topological polar surface area (TPSA) is 104 Å². The highest BCUT2D eigenvalue weighted by molar-refractivity contribution is 6.58.